The molecule has 0 aromatic carbocycles. The molecule has 0 aliphatic heterocycles. The van der Waals surface area contributed by atoms with Gasteiger partial charge < -0.3 is 14.7 Å². The molecule has 0 radical (unpaired) electrons. The minimum Gasteiger partial charge on any atom is -0.392 e. The second-order valence-corrected chi connectivity index (χ2v) is 4.39. The van der Waals surface area contributed by atoms with Gasteiger partial charge in [-0.3, -0.25) is 4.98 Å². The van der Waals surface area contributed by atoms with Crippen molar-refractivity contribution in [3.8, 4) is 0 Å². The number of anilines is 1. The van der Waals surface area contributed by atoms with Crippen LogP contribution in [0.25, 0.3) is 0 Å². The van der Waals surface area contributed by atoms with Crippen LogP contribution >= 0.6 is 0 Å². The van der Waals surface area contributed by atoms with E-state index >= 15 is 0 Å². The van der Waals surface area contributed by atoms with E-state index in [0.29, 0.717) is 12.6 Å². The Morgan fingerprint density at radius 1 is 1.47 bits per heavy atom. The number of pyridine rings is 1. The van der Waals surface area contributed by atoms with Crippen LogP contribution in [0.4, 0.5) is 5.69 Å². The van der Waals surface area contributed by atoms with E-state index in [2.05, 4.69) is 23.7 Å². The minimum absolute atomic E-state index is 0.0127. The molecule has 0 amide bonds. The van der Waals surface area contributed by atoms with Crippen LogP contribution in [-0.4, -0.2) is 36.4 Å². The van der Waals surface area contributed by atoms with Crippen molar-refractivity contribution in [2.24, 2.45) is 0 Å². The molecule has 0 aliphatic rings. The summed E-state index contributed by atoms with van der Waals surface area (Å²) in [6.45, 7) is 7.71. The molecular weight excluding hydrogens is 216 g/mol. The maximum absolute atomic E-state index is 9.37. The van der Waals surface area contributed by atoms with Crippen LogP contribution in [0, 0.1) is 6.92 Å². The SMILES string of the molecule is COCCN(c1cc(C)ncc1CO)C(C)C. The summed E-state index contributed by atoms with van der Waals surface area (Å²) in [4.78, 5) is 6.44. The number of rotatable bonds is 6. The third-order valence-corrected chi connectivity index (χ3v) is 2.74. The highest BCUT2D eigenvalue weighted by atomic mass is 16.5. The molecule has 0 aliphatic carbocycles. The van der Waals surface area contributed by atoms with Gasteiger partial charge in [0.15, 0.2) is 0 Å². The molecule has 96 valence electrons. The summed E-state index contributed by atoms with van der Waals surface area (Å²) in [6, 6.07) is 2.37. The molecule has 0 unspecified atom stereocenters. The number of aliphatic hydroxyl groups excluding tert-OH is 1. The quantitative estimate of drug-likeness (QED) is 0.820. The van der Waals surface area contributed by atoms with Crippen LogP contribution < -0.4 is 4.90 Å². The lowest BCUT2D eigenvalue weighted by molar-refractivity contribution is 0.203. The summed E-state index contributed by atoms with van der Waals surface area (Å²) < 4.78 is 5.13. The van der Waals surface area contributed by atoms with Gasteiger partial charge in [-0.15, -0.1) is 0 Å². The molecule has 0 bridgehead atoms. The summed E-state index contributed by atoms with van der Waals surface area (Å²) in [5.74, 6) is 0. The molecule has 0 saturated carbocycles. The van der Waals surface area contributed by atoms with E-state index in [1.807, 2.05) is 13.0 Å². The van der Waals surface area contributed by atoms with Gasteiger partial charge in [0.1, 0.15) is 0 Å². The summed E-state index contributed by atoms with van der Waals surface area (Å²) in [6.07, 6.45) is 1.74. The third kappa shape index (κ3) is 3.68. The average Bonchev–Trinajstić information content (AvgIpc) is 2.29. The fourth-order valence-electron chi connectivity index (χ4n) is 1.81. The smallest absolute Gasteiger partial charge is 0.0717 e. The van der Waals surface area contributed by atoms with Crippen molar-refractivity contribution in [1.82, 2.24) is 4.98 Å². The second-order valence-electron chi connectivity index (χ2n) is 4.39. The van der Waals surface area contributed by atoms with Crippen LogP contribution in [0.1, 0.15) is 25.1 Å². The van der Waals surface area contributed by atoms with E-state index in [9.17, 15) is 5.11 Å². The monoisotopic (exact) mass is 238 g/mol. The number of hydrogen-bond acceptors (Lipinski definition) is 4. The highest BCUT2D eigenvalue weighted by molar-refractivity contribution is 5.54. The van der Waals surface area contributed by atoms with Crippen molar-refractivity contribution in [2.45, 2.75) is 33.4 Å². The summed E-state index contributed by atoms with van der Waals surface area (Å²) in [5, 5.41) is 9.37. The molecular formula is C13H22N2O2. The van der Waals surface area contributed by atoms with E-state index in [1.54, 1.807) is 13.3 Å². The first-order valence-corrected chi connectivity index (χ1v) is 5.92. The van der Waals surface area contributed by atoms with Crippen LogP contribution in [0.2, 0.25) is 0 Å². The topological polar surface area (TPSA) is 45.6 Å². The Labute approximate surface area is 103 Å². The van der Waals surface area contributed by atoms with Crippen LogP contribution in [0.5, 0.6) is 0 Å². The van der Waals surface area contributed by atoms with Crippen molar-refractivity contribution in [1.29, 1.82) is 0 Å². The molecule has 4 nitrogen and oxygen atoms in total. The molecule has 1 aromatic rings. The lowest BCUT2D eigenvalue weighted by atomic mass is 10.1. The van der Waals surface area contributed by atoms with E-state index in [4.69, 9.17) is 4.74 Å². The van der Waals surface area contributed by atoms with Gasteiger partial charge >= 0.3 is 0 Å². The fourth-order valence-corrected chi connectivity index (χ4v) is 1.81. The molecule has 1 aromatic heterocycles. The first-order chi connectivity index (χ1) is 8.10. The largest absolute Gasteiger partial charge is 0.392 e. The zero-order valence-corrected chi connectivity index (χ0v) is 11.1. The van der Waals surface area contributed by atoms with Crippen molar-refractivity contribution in [3.63, 3.8) is 0 Å². The lowest BCUT2D eigenvalue weighted by Gasteiger charge is -2.30. The molecule has 1 heterocycles. The molecule has 0 spiro atoms. The predicted octanol–water partition coefficient (Wildman–Crippen LogP) is 1.74. The van der Waals surface area contributed by atoms with Gasteiger partial charge in [-0.1, -0.05) is 0 Å². The number of methoxy groups -OCH3 is 1. The van der Waals surface area contributed by atoms with E-state index in [-0.39, 0.29) is 6.61 Å². The molecule has 1 rings (SSSR count). The van der Waals surface area contributed by atoms with Crippen LogP contribution in [-0.2, 0) is 11.3 Å². The Hall–Kier alpha value is -1.13. The second kappa shape index (κ2) is 6.57. The first kappa shape index (κ1) is 13.9. The highest BCUT2D eigenvalue weighted by Gasteiger charge is 2.14. The normalized spacial score (nSPS) is 10.9. The molecule has 4 heteroatoms. The number of aryl methyl sites for hydroxylation is 1. The standard InChI is InChI=1S/C13H22N2O2/c1-10(2)15(5-6-17-4)13-7-11(3)14-8-12(13)9-16/h7-8,10,16H,5-6,9H2,1-4H3. The number of aromatic nitrogens is 1. The number of hydrogen-bond donors (Lipinski definition) is 1. The minimum atomic E-state index is 0.0127. The van der Waals surface area contributed by atoms with Gasteiger partial charge in [-0.25, -0.2) is 0 Å². The zero-order valence-electron chi connectivity index (χ0n) is 11.1. The van der Waals surface area contributed by atoms with Crippen molar-refractivity contribution in [3.05, 3.63) is 23.5 Å². The van der Waals surface area contributed by atoms with Gasteiger partial charge in [0.05, 0.1) is 13.2 Å². The number of nitrogens with zero attached hydrogens (tertiary/aromatic N) is 2. The molecule has 0 saturated heterocycles. The maximum Gasteiger partial charge on any atom is 0.0717 e. The van der Waals surface area contributed by atoms with E-state index in [0.717, 1.165) is 23.5 Å². The molecule has 0 fully saturated rings. The van der Waals surface area contributed by atoms with Crippen LogP contribution in [0.15, 0.2) is 12.3 Å². The highest BCUT2D eigenvalue weighted by Crippen LogP contribution is 2.22. The first-order valence-electron chi connectivity index (χ1n) is 5.92. The number of ether oxygens (including phenoxy) is 1. The summed E-state index contributed by atoms with van der Waals surface area (Å²) in [5.41, 5.74) is 2.87. The van der Waals surface area contributed by atoms with Gasteiger partial charge in [0.25, 0.3) is 0 Å². The van der Waals surface area contributed by atoms with E-state index in [1.165, 1.54) is 0 Å². The maximum atomic E-state index is 9.37. The Balaban J connectivity index is 3.02. The lowest BCUT2D eigenvalue weighted by Crippen LogP contribution is -2.34. The third-order valence-electron chi connectivity index (χ3n) is 2.74. The van der Waals surface area contributed by atoms with Crippen molar-refractivity contribution >= 4 is 5.69 Å². The summed E-state index contributed by atoms with van der Waals surface area (Å²) in [7, 11) is 1.70. The predicted molar refractivity (Wildman–Crippen MR) is 69.3 cm³/mol. The summed E-state index contributed by atoms with van der Waals surface area (Å²) >= 11 is 0. The Morgan fingerprint density at radius 2 is 2.18 bits per heavy atom. The Bertz CT molecular complexity index is 353. The van der Waals surface area contributed by atoms with Crippen molar-refractivity contribution < 1.29 is 9.84 Å². The molecule has 0 atom stereocenters. The Kier molecular flexibility index (Phi) is 5.38. The fraction of sp³-hybridized carbons (Fsp3) is 0.615. The van der Waals surface area contributed by atoms with Gasteiger partial charge in [-0.05, 0) is 26.8 Å². The van der Waals surface area contributed by atoms with Gasteiger partial charge in [-0.2, -0.15) is 0 Å². The molecule has 17 heavy (non-hydrogen) atoms. The van der Waals surface area contributed by atoms with Crippen LogP contribution in [0.3, 0.4) is 0 Å². The Morgan fingerprint density at radius 3 is 2.71 bits per heavy atom. The van der Waals surface area contributed by atoms with Gasteiger partial charge in [0, 0.05) is 42.8 Å². The molecule has 1 N–H and O–H groups in total. The average molecular weight is 238 g/mol. The van der Waals surface area contributed by atoms with E-state index < -0.39 is 0 Å². The zero-order chi connectivity index (χ0) is 12.8. The van der Waals surface area contributed by atoms with Crippen molar-refractivity contribution in [2.75, 3.05) is 25.2 Å². The van der Waals surface area contributed by atoms with Gasteiger partial charge in [0.2, 0.25) is 0 Å². The number of aliphatic hydroxyl groups is 1.